The van der Waals surface area contributed by atoms with Crippen LogP contribution >= 0.6 is 0 Å². The van der Waals surface area contributed by atoms with E-state index in [0.717, 1.165) is 25.6 Å². The zero-order valence-corrected chi connectivity index (χ0v) is 10.2. The average Bonchev–Trinajstić information content (AvgIpc) is 2.26. The topological polar surface area (TPSA) is 15.3 Å². The first-order chi connectivity index (χ1) is 7.33. The van der Waals surface area contributed by atoms with E-state index in [0.29, 0.717) is 0 Å². The summed E-state index contributed by atoms with van der Waals surface area (Å²) < 4.78 is 0. The highest BCUT2D eigenvalue weighted by atomic mass is 15.1. The molecule has 0 aromatic rings. The fourth-order valence-corrected chi connectivity index (χ4v) is 2.38. The summed E-state index contributed by atoms with van der Waals surface area (Å²) in [5, 5.41) is 3.34. The summed E-state index contributed by atoms with van der Waals surface area (Å²) in [5.74, 6) is 0.961. The summed E-state index contributed by atoms with van der Waals surface area (Å²) in [6.45, 7) is 8.15. The molecule has 1 N–H and O–H groups in total. The van der Waals surface area contributed by atoms with Gasteiger partial charge in [-0.15, -0.1) is 6.58 Å². The van der Waals surface area contributed by atoms with E-state index in [1.54, 1.807) is 0 Å². The zero-order valence-electron chi connectivity index (χ0n) is 10.2. The van der Waals surface area contributed by atoms with E-state index in [9.17, 15) is 0 Å². The molecule has 1 rings (SSSR count). The van der Waals surface area contributed by atoms with Crippen molar-refractivity contribution >= 4 is 0 Å². The second kappa shape index (κ2) is 7.89. The van der Waals surface area contributed by atoms with Gasteiger partial charge in [-0.1, -0.05) is 25.3 Å². The van der Waals surface area contributed by atoms with Crippen LogP contribution in [0.4, 0.5) is 0 Å². The molecule has 0 unspecified atom stereocenters. The molecule has 0 atom stereocenters. The lowest BCUT2D eigenvalue weighted by atomic mass is 9.89. The summed E-state index contributed by atoms with van der Waals surface area (Å²) in [4.78, 5) is 2.46. The molecule has 2 heteroatoms. The van der Waals surface area contributed by atoms with Crippen LogP contribution in [0.2, 0.25) is 0 Å². The van der Waals surface area contributed by atoms with E-state index in [4.69, 9.17) is 0 Å². The van der Waals surface area contributed by atoms with Crippen LogP contribution in [0.3, 0.4) is 0 Å². The van der Waals surface area contributed by atoms with Crippen molar-refractivity contribution in [2.45, 2.75) is 32.1 Å². The highest BCUT2D eigenvalue weighted by Gasteiger charge is 2.14. The molecule has 1 aliphatic carbocycles. The molecule has 0 spiro atoms. The van der Waals surface area contributed by atoms with E-state index in [2.05, 4.69) is 23.8 Å². The van der Waals surface area contributed by atoms with E-state index in [1.807, 2.05) is 6.08 Å². The maximum Gasteiger partial charge on any atom is 0.0132 e. The van der Waals surface area contributed by atoms with Gasteiger partial charge in [0.2, 0.25) is 0 Å². The zero-order chi connectivity index (χ0) is 10.9. The third kappa shape index (κ3) is 5.95. The third-order valence-corrected chi connectivity index (χ3v) is 3.25. The number of hydrogen-bond donors (Lipinski definition) is 1. The van der Waals surface area contributed by atoms with Gasteiger partial charge in [0, 0.05) is 26.2 Å². The summed E-state index contributed by atoms with van der Waals surface area (Å²) >= 11 is 0. The van der Waals surface area contributed by atoms with Gasteiger partial charge in [0.25, 0.3) is 0 Å². The van der Waals surface area contributed by atoms with Crippen molar-refractivity contribution < 1.29 is 0 Å². The molecule has 1 saturated carbocycles. The number of nitrogens with zero attached hydrogens (tertiary/aromatic N) is 1. The molecule has 2 nitrogen and oxygen atoms in total. The van der Waals surface area contributed by atoms with Crippen molar-refractivity contribution in [1.82, 2.24) is 10.2 Å². The summed E-state index contributed by atoms with van der Waals surface area (Å²) in [6, 6.07) is 0. The maximum absolute atomic E-state index is 3.69. The first-order valence-electron chi connectivity index (χ1n) is 6.33. The predicted molar refractivity (Wildman–Crippen MR) is 67.1 cm³/mol. The molecular weight excluding hydrogens is 184 g/mol. The molecular formula is C13H26N2. The van der Waals surface area contributed by atoms with Crippen molar-refractivity contribution in [2.75, 3.05) is 33.2 Å². The molecule has 0 radical (unpaired) electrons. The summed E-state index contributed by atoms with van der Waals surface area (Å²) in [5.41, 5.74) is 0. The van der Waals surface area contributed by atoms with Gasteiger partial charge in [0.1, 0.15) is 0 Å². The molecule has 0 aromatic heterocycles. The summed E-state index contributed by atoms with van der Waals surface area (Å²) in [6.07, 6.45) is 9.18. The van der Waals surface area contributed by atoms with Gasteiger partial charge in [-0.3, -0.25) is 0 Å². The van der Waals surface area contributed by atoms with E-state index >= 15 is 0 Å². The van der Waals surface area contributed by atoms with Crippen LogP contribution in [0, 0.1) is 5.92 Å². The Labute approximate surface area is 94.7 Å². The Morgan fingerprint density at radius 1 is 1.33 bits per heavy atom. The maximum atomic E-state index is 3.69. The molecule has 0 aromatic carbocycles. The van der Waals surface area contributed by atoms with Crippen molar-refractivity contribution in [3.8, 4) is 0 Å². The minimum Gasteiger partial charge on any atom is -0.312 e. The van der Waals surface area contributed by atoms with Crippen molar-refractivity contribution in [3.05, 3.63) is 12.7 Å². The second-order valence-electron chi connectivity index (χ2n) is 4.76. The molecule has 0 saturated heterocycles. The fourth-order valence-electron chi connectivity index (χ4n) is 2.38. The molecule has 0 aliphatic heterocycles. The first kappa shape index (κ1) is 12.7. The van der Waals surface area contributed by atoms with Crippen LogP contribution in [-0.4, -0.2) is 38.1 Å². The van der Waals surface area contributed by atoms with Crippen LogP contribution in [0.1, 0.15) is 32.1 Å². The Kier molecular flexibility index (Phi) is 6.69. The Balaban J connectivity index is 2.01. The lowest BCUT2D eigenvalue weighted by Crippen LogP contribution is -2.33. The van der Waals surface area contributed by atoms with Crippen molar-refractivity contribution in [3.63, 3.8) is 0 Å². The van der Waals surface area contributed by atoms with E-state index in [-0.39, 0.29) is 0 Å². The monoisotopic (exact) mass is 210 g/mol. The van der Waals surface area contributed by atoms with Gasteiger partial charge in [-0.05, 0) is 25.8 Å². The Morgan fingerprint density at radius 2 is 2.07 bits per heavy atom. The lowest BCUT2D eigenvalue weighted by molar-refractivity contribution is 0.234. The molecule has 1 aliphatic rings. The number of nitrogens with one attached hydrogen (secondary N) is 1. The smallest absolute Gasteiger partial charge is 0.0132 e. The Morgan fingerprint density at radius 3 is 2.73 bits per heavy atom. The normalized spacial score (nSPS) is 18.3. The molecule has 0 amide bonds. The van der Waals surface area contributed by atoms with Gasteiger partial charge in [-0.2, -0.15) is 0 Å². The first-order valence-corrected chi connectivity index (χ1v) is 6.33. The quantitative estimate of drug-likeness (QED) is 0.512. The second-order valence-corrected chi connectivity index (χ2v) is 4.76. The van der Waals surface area contributed by atoms with Crippen LogP contribution in [0.25, 0.3) is 0 Å². The summed E-state index contributed by atoms with van der Waals surface area (Å²) in [7, 11) is 2.24. The van der Waals surface area contributed by atoms with Gasteiger partial charge in [-0.25, -0.2) is 0 Å². The highest BCUT2D eigenvalue weighted by Crippen LogP contribution is 2.23. The molecule has 0 bridgehead atoms. The highest BCUT2D eigenvalue weighted by molar-refractivity contribution is 4.71. The van der Waals surface area contributed by atoms with Gasteiger partial charge in [0.15, 0.2) is 0 Å². The minimum absolute atomic E-state index is 0.928. The standard InChI is InChI=1S/C13H26N2/c1-3-9-14-10-11-15(2)12-13-7-5-4-6-8-13/h3,13-14H,1,4-12H2,2H3. The molecule has 1 fully saturated rings. The van der Waals surface area contributed by atoms with Crippen LogP contribution < -0.4 is 5.32 Å². The number of likely N-dealkylation sites (N-methyl/N-ethyl adjacent to an activating group) is 1. The van der Waals surface area contributed by atoms with Gasteiger partial charge < -0.3 is 10.2 Å². The van der Waals surface area contributed by atoms with Crippen molar-refractivity contribution in [1.29, 1.82) is 0 Å². The average molecular weight is 210 g/mol. The fraction of sp³-hybridized carbons (Fsp3) is 0.846. The SMILES string of the molecule is C=CCNCCN(C)CC1CCCCC1. The van der Waals surface area contributed by atoms with E-state index < -0.39 is 0 Å². The number of rotatable bonds is 7. The van der Waals surface area contributed by atoms with Gasteiger partial charge >= 0.3 is 0 Å². The van der Waals surface area contributed by atoms with Crippen LogP contribution in [0.5, 0.6) is 0 Å². The molecule has 0 heterocycles. The predicted octanol–water partition coefficient (Wildman–Crippen LogP) is 2.27. The largest absolute Gasteiger partial charge is 0.312 e. The van der Waals surface area contributed by atoms with Crippen LogP contribution in [0.15, 0.2) is 12.7 Å². The van der Waals surface area contributed by atoms with Crippen molar-refractivity contribution in [2.24, 2.45) is 5.92 Å². The Hall–Kier alpha value is -0.340. The molecule has 88 valence electrons. The minimum atomic E-state index is 0.928. The lowest BCUT2D eigenvalue weighted by Gasteiger charge is -2.26. The van der Waals surface area contributed by atoms with E-state index in [1.165, 1.54) is 38.6 Å². The van der Waals surface area contributed by atoms with Gasteiger partial charge in [0.05, 0.1) is 0 Å². The molecule has 15 heavy (non-hydrogen) atoms. The number of hydrogen-bond acceptors (Lipinski definition) is 2. The Bertz CT molecular complexity index is 162. The third-order valence-electron chi connectivity index (χ3n) is 3.25. The van der Waals surface area contributed by atoms with Crippen LogP contribution in [-0.2, 0) is 0 Å².